The summed E-state index contributed by atoms with van der Waals surface area (Å²) in [6.45, 7) is 6.31. The zero-order valence-corrected chi connectivity index (χ0v) is 8.56. The first-order chi connectivity index (χ1) is 5.02. The Morgan fingerprint density at radius 2 is 2.00 bits per heavy atom. The van der Waals surface area contributed by atoms with Crippen molar-refractivity contribution in [3.05, 3.63) is 0 Å². The molecule has 0 aromatic carbocycles. The third kappa shape index (κ3) is 5.53. The number of thiol groups is 1. The molecule has 0 spiro atoms. The van der Waals surface area contributed by atoms with Gasteiger partial charge in [0.2, 0.25) is 0 Å². The number of hydrogen-bond acceptors (Lipinski definition) is 3. The molecular formula is C8H19NOS. The molecule has 0 aliphatic carbocycles. The predicted octanol–water partition coefficient (Wildman–Crippen LogP) is 0.866. The lowest BCUT2D eigenvalue weighted by atomic mass is 9.96. The largest absolute Gasteiger partial charge is 0.395 e. The molecule has 0 atom stereocenters. The van der Waals surface area contributed by atoms with E-state index in [2.05, 4.69) is 31.4 Å². The third-order valence-electron chi connectivity index (χ3n) is 1.61. The van der Waals surface area contributed by atoms with Gasteiger partial charge in [-0.1, -0.05) is 13.8 Å². The Labute approximate surface area is 75.0 Å². The molecule has 11 heavy (non-hydrogen) atoms. The maximum Gasteiger partial charge on any atom is 0.0558 e. The second kappa shape index (κ2) is 5.01. The van der Waals surface area contributed by atoms with Gasteiger partial charge in [0.1, 0.15) is 0 Å². The van der Waals surface area contributed by atoms with Crippen LogP contribution in [-0.2, 0) is 0 Å². The summed E-state index contributed by atoms with van der Waals surface area (Å²) >= 11 is 4.25. The summed E-state index contributed by atoms with van der Waals surface area (Å²) in [6.07, 6.45) is 0. The highest BCUT2D eigenvalue weighted by Crippen LogP contribution is 2.17. The molecule has 0 amide bonds. The van der Waals surface area contributed by atoms with Crippen molar-refractivity contribution in [2.45, 2.75) is 13.8 Å². The lowest BCUT2D eigenvalue weighted by Crippen LogP contribution is -2.34. The van der Waals surface area contributed by atoms with Gasteiger partial charge in [0, 0.05) is 13.1 Å². The fourth-order valence-electron chi connectivity index (χ4n) is 1.03. The summed E-state index contributed by atoms with van der Waals surface area (Å²) in [5, 5.41) is 8.65. The SMILES string of the molecule is CN(CCO)CC(C)(C)CS. The van der Waals surface area contributed by atoms with Crippen molar-refractivity contribution in [2.24, 2.45) is 5.41 Å². The topological polar surface area (TPSA) is 23.5 Å². The van der Waals surface area contributed by atoms with Crippen LogP contribution in [0.15, 0.2) is 0 Å². The van der Waals surface area contributed by atoms with Crippen molar-refractivity contribution in [3.8, 4) is 0 Å². The third-order valence-corrected chi connectivity index (χ3v) is 2.46. The molecule has 3 heteroatoms. The Kier molecular flexibility index (Phi) is 5.13. The van der Waals surface area contributed by atoms with E-state index < -0.39 is 0 Å². The summed E-state index contributed by atoms with van der Waals surface area (Å²) < 4.78 is 0. The second-order valence-corrected chi connectivity index (χ2v) is 4.10. The normalized spacial score (nSPS) is 12.5. The lowest BCUT2D eigenvalue weighted by Gasteiger charge is -2.28. The summed E-state index contributed by atoms with van der Waals surface area (Å²) in [7, 11) is 2.02. The Morgan fingerprint density at radius 3 is 2.36 bits per heavy atom. The number of aliphatic hydroxyl groups is 1. The average molecular weight is 177 g/mol. The molecule has 0 aromatic rings. The molecule has 0 radical (unpaired) electrons. The minimum atomic E-state index is 0.235. The first kappa shape index (κ1) is 11.3. The highest BCUT2D eigenvalue weighted by atomic mass is 32.1. The van der Waals surface area contributed by atoms with Crippen molar-refractivity contribution in [3.63, 3.8) is 0 Å². The minimum absolute atomic E-state index is 0.235. The standard InChI is InChI=1S/C8H19NOS/c1-8(2,7-11)6-9(3)4-5-10/h10-11H,4-7H2,1-3H3. The van der Waals surface area contributed by atoms with E-state index in [0.717, 1.165) is 18.8 Å². The highest BCUT2D eigenvalue weighted by Gasteiger charge is 2.17. The summed E-state index contributed by atoms with van der Waals surface area (Å²) in [6, 6.07) is 0. The molecular weight excluding hydrogens is 158 g/mol. The zero-order valence-electron chi connectivity index (χ0n) is 7.67. The molecule has 1 N–H and O–H groups in total. The van der Waals surface area contributed by atoms with Gasteiger partial charge in [-0.25, -0.2) is 0 Å². The molecule has 0 aliphatic heterocycles. The Hall–Kier alpha value is 0.270. The van der Waals surface area contributed by atoms with E-state index in [4.69, 9.17) is 5.11 Å². The number of nitrogens with zero attached hydrogens (tertiary/aromatic N) is 1. The molecule has 0 heterocycles. The number of aliphatic hydroxyl groups excluding tert-OH is 1. The van der Waals surface area contributed by atoms with Crippen molar-refractivity contribution in [1.29, 1.82) is 0 Å². The molecule has 0 saturated heterocycles. The van der Waals surface area contributed by atoms with Gasteiger partial charge in [-0.2, -0.15) is 12.6 Å². The predicted molar refractivity (Wildman–Crippen MR) is 52.2 cm³/mol. The average Bonchev–Trinajstić information content (AvgIpc) is 1.87. The fraction of sp³-hybridized carbons (Fsp3) is 1.00. The van der Waals surface area contributed by atoms with Crippen LogP contribution in [0.3, 0.4) is 0 Å². The van der Waals surface area contributed by atoms with Crippen molar-refractivity contribution < 1.29 is 5.11 Å². The van der Waals surface area contributed by atoms with Crippen LogP contribution < -0.4 is 0 Å². The van der Waals surface area contributed by atoms with Crippen molar-refractivity contribution in [1.82, 2.24) is 4.90 Å². The maximum absolute atomic E-state index is 8.65. The van der Waals surface area contributed by atoms with Crippen LogP contribution in [0, 0.1) is 5.41 Å². The summed E-state index contributed by atoms with van der Waals surface area (Å²) in [5.74, 6) is 0.878. The van der Waals surface area contributed by atoms with Gasteiger partial charge in [0.25, 0.3) is 0 Å². The molecule has 0 fully saturated rings. The van der Waals surface area contributed by atoms with Crippen molar-refractivity contribution >= 4 is 12.6 Å². The van der Waals surface area contributed by atoms with Gasteiger partial charge in [-0.15, -0.1) is 0 Å². The fourth-order valence-corrected chi connectivity index (χ4v) is 1.13. The molecule has 0 aliphatic rings. The second-order valence-electron chi connectivity index (χ2n) is 3.78. The van der Waals surface area contributed by atoms with Gasteiger partial charge in [-0.05, 0) is 18.2 Å². The first-order valence-electron chi connectivity index (χ1n) is 3.92. The molecule has 2 nitrogen and oxygen atoms in total. The van der Waals surface area contributed by atoms with Crippen LogP contribution in [0.25, 0.3) is 0 Å². The van der Waals surface area contributed by atoms with Gasteiger partial charge >= 0.3 is 0 Å². The van der Waals surface area contributed by atoms with Gasteiger partial charge in [0.05, 0.1) is 6.61 Å². The molecule has 0 bridgehead atoms. The van der Waals surface area contributed by atoms with E-state index in [1.807, 2.05) is 7.05 Å². The quantitative estimate of drug-likeness (QED) is 0.609. The minimum Gasteiger partial charge on any atom is -0.395 e. The molecule has 0 rings (SSSR count). The Morgan fingerprint density at radius 1 is 1.45 bits per heavy atom. The van der Waals surface area contributed by atoms with E-state index in [-0.39, 0.29) is 12.0 Å². The summed E-state index contributed by atoms with van der Waals surface area (Å²) in [5.41, 5.74) is 0.243. The zero-order chi connectivity index (χ0) is 8.91. The Balaban J connectivity index is 3.64. The van der Waals surface area contributed by atoms with Crippen LogP contribution in [-0.4, -0.2) is 42.5 Å². The van der Waals surface area contributed by atoms with Gasteiger partial charge < -0.3 is 10.0 Å². The van der Waals surface area contributed by atoms with Crippen LogP contribution in [0.1, 0.15) is 13.8 Å². The molecule has 68 valence electrons. The van der Waals surface area contributed by atoms with Gasteiger partial charge in [-0.3, -0.25) is 0 Å². The van der Waals surface area contributed by atoms with Gasteiger partial charge in [0.15, 0.2) is 0 Å². The maximum atomic E-state index is 8.65. The van der Waals surface area contributed by atoms with E-state index >= 15 is 0 Å². The molecule has 0 unspecified atom stereocenters. The van der Waals surface area contributed by atoms with Crippen molar-refractivity contribution in [2.75, 3.05) is 32.5 Å². The van der Waals surface area contributed by atoms with E-state index in [9.17, 15) is 0 Å². The van der Waals surface area contributed by atoms with E-state index in [1.165, 1.54) is 0 Å². The van der Waals surface area contributed by atoms with Crippen LogP contribution in [0.5, 0.6) is 0 Å². The van der Waals surface area contributed by atoms with Crippen LogP contribution >= 0.6 is 12.6 Å². The number of hydrogen-bond donors (Lipinski definition) is 2. The monoisotopic (exact) mass is 177 g/mol. The summed E-state index contributed by atoms with van der Waals surface area (Å²) in [4.78, 5) is 2.12. The van der Waals surface area contributed by atoms with E-state index in [0.29, 0.717) is 0 Å². The molecule has 0 saturated carbocycles. The highest BCUT2D eigenvalue weighted by molar-refractivity contribution is 7.80. The van der Waals surface area contributed by atoms with Crippen LogP contribution in [0.4, 0.5) is 0 Å². The van der Waals surface area contributed by atoms with E-state index in [1.54, 1.807) is 0 Å². The number of rotatable bonds is 5. The first-order valence-corrected chi connectivity index (χ1v) is 4.55. The lowest BCUT2D eigenvalue weighted by molar-refractivity contribution is 0.181. The Bertz CT molecular complexity index is 106. The van der Waals surface area contributed by atoms with Crippen LogP contribution in [0.2, 0.25) is 0 Å². The molecule has 0 aromatic heterocycles. The smallest absolute Gasteiger partial charge is 0.0558 e. The number of likely N-dealkylation sites (N-methyl/N-ethyl adjacent to an activating group) is 1.